The molecule has 0 fully saturated rings. The molecule has 1 atom stereocenters. The third kappa shape index (κ3) is 6.06. The molecule has 0 spiro atoms. The highest BCUT2D eigenvalue weighted by Crippen LogP contribution is 2.27. The number of thiocarbonyl (C=S) groups is 1. The number of amides is 1. The van der Waals surface area contributed by atoms with Crippen LogP contribution in [0.1, 0.15) is 6.92 Å². The summed E-state index contributed by atoms with van der Waals surface area (Å²) in [6.07, 6.45) is 1.67. The predicted octanol–water partition coefficient (Wildman–Crippen LogP) is 5.07. The molecule has 1 aromatic heterocycles. The van der Waals surface area contributed by atoms with E-state index in [9.17, 15) is 4.79 Å². The van der Waals surface area contributed by atoms with Gasteiger partial charge in [-0.2, -0.15) is 0 Å². The Bertz CT molecular complexity index is 900. The molecule has 1 amide bonds. The lowest BCUT2D eigenvalue weighted by Gasteiger charge is -2.13. The normalized spacial score (nSPS) is 11.4. The fourth-order valence-corrected chi connectivity index (χ4v) is 3.91. The summed E-state index contributed by atoms with van der Waals surface area (Å²) in [6.45, 7) is 1.87. The number of carbonyl (C=O) groups is 1. The number of hydrogen-bond acceptors (Lipinski definition) is 5. The van der Waals surface area contributed by atoms with Gasteiger partial charge < -0.3 is 16.0 Å². The van der Waals surface area contributed by atoms with Crippen molar-refractivity contribution in [2.75, 3.05) is 16.0 Å². The highest BCUT2D eigenvalue weighted by atomic mass is 32.2. The Hall–Kier alpha value is -2.42. The average molecular weight is 415 g/mol. The van der Waals surface area contributed by atoms with Crippen LogP contribution in [0.25, 0.3) is 0 Å². The Morgan fingerprint density at radius 3 is 2.56 bits per heavy atom. The second-order valence-electron chi connectivity index (χ2n) is 5.56. The summed E-state index contributed by atoms with van der Waals surface area (Å²) in [5, 5.41) is 11.8. The van der Waals surface area contributed by atoms with Gasteiger partial charge in [0, 0.05) is 27.8 Å². The van der Waals surface area contributed by atoms with Gasteiger partial charge in [0.15, 0.2) is 10.2 Å². The van der Waals surface area contributed by atoms with E-state index in [-0.39, 0.29) is 11.2 Å². The van der Waals surface area contributed by atoms with E-state index in [4.69, 9.17) is 12.2 Å². The van der Waals surface area contributed by atoms with Crippen LogP contribution in [0.3, 0.4) is 0 Å². The largest absolute Gasteiger partial charge is 0.332 e. The van der Waals surface area contributed by atoms with E-state index in [1.807, 2.05) is 66.9 Å². The maximum atomic E-state index is 12.3. The first-order valence-corrected chi connectivity index (χ1v) is 10.4. The van der Waals surface area contributed by atoms with Gasteiger partial charge >= 0.3 is 0 Å². The third-order valence-electron chi connectivity index (χ3n) is 3.47. The van der Waals surface area contributed by atoms with Crippen LogP contribution < -0.4 is 16.0 Å². The molecule has 3 N–H and O–H groups in total. The van der Waals surface area contributed by atoms with Crippen LogP contribution in [0.2, 0.25) is 0 Å². The summed E-state index contributed by atoms with van der Waals surface area (Å²) >= 11 is 8.24. The molecule has 1 unspecified atom stereocenters. The maximum Gasteiger partial charge on any atom is 0.239 e. The molecule has 138 valence electrons. The summed E-state index contributed by atoms with van der Waals surface area (Å²) in [4.78, 5) is 17.3. The van der Waals surface area contributed by atoms with Crippen molar-refractivity contribution in [2.24, 2.45) is 0 Å². The number of nitrogens with one attached hydrogen (secondary N) is 3. The van der Waals surface area contributed by atoms with Gasteiger partial charge in [0.05, 0.1) is 5.25 Å². The first-order chi connectivity index (χ1) is 13.1. The molecule has 0 radical (unpaired) electrons. The molecule has 0 bridgehead atoms. The predicted molar refractivity (Wildman–Crippen MR) is 119 cm³/mol. The van der Waals surface area contributed by atoms with E-state index in [0.29, 0.717) is 10.2 Å². The van der Waals surface area contributed by atoms with Gasteiger partial charge in [0.1, 0.15) is 0 Å². The quantitative estimate of drug-likeness (QED) is 0.386. The van der Waals surface area contributed by atoms with Gasteiger partial charge in [0.2, 0.25) is 5.91 Å². The number of thioether (sulfide) groups is 1. The van der Waals surface area contributed by atoms with Crippen molar-refractivity contribution in [3.63, 3.8) is 0 Å². The molecule has 8 heteroatoms. The maximum absolute atomic E-state index is 12.3. The lowest BCUT2D eigenvalue weighted by molar-refractivity contribution is -0.115. The second kappa shape index (κ2) is 9.50. The van der Waals surface area contributed by atoms with Crippen molar-refractivity contribution in [2.45, 2.75) is 17.1 Å². The van der Waals surface area contributed by atoms with Crippen LogP contribution >= 0.6 is 35.3 Å². The number of nitrogens with zero attached hydrogens (tertiary/aromatic N) is 1. The monoisotopic (exact) mass is 414 g/mol. The Balaban J connectivity index is 1.56. The van der Waals surface area contributed by atoms with Crippen molar-refractivity contribution >= 4 is 62.8 Å². The van der Waals surface area contributed by atoms with Gasteiger partial charge in [-0.05, 0) is 49.5 Å². The summed E-state index contributed by atoms with van der Waals surface area (Å²) in [5.74, 6) is -0.0745. The SMILES string of the molecule is CC(Sc1cccc(NC(=S)Nc2ccccc2)c1)C(=O)Nc1nccs1. The zero-order valence-corrected chi connectivity index (χ0v) is 17.0. The molecule has 27 heavy (non-hydrogen) atoms. The zero-order valence-electron chi connectivity index (χ0n) is 14.5. The minimum atomic E-state index is -0.251. The van der Waals surface area contributed by atoms with Crippen molar-refractivity contribution in [3.05, 3.63) is 66.2 Å². The van der Waals surface area contributed by atoms with Crippen molar-refractivity contribution in [3.8, 4) is 0 Å². The van der Waals surface area contributed by atoms with Crippen LogP contribution in [0.5, 0.6) is 0 Å². The molecular formula is C19H18N4OS3. The Kier molecular flexibility index (Phi) is 6.80. The smallest absolute Gasteiger partial charge is 0.239 e. The Labute approximate surface area is 171 Å². The standard InChI is InChI=1S/C19H18N4OS3/c1-13(17(24)23-19-20-10-11-26-19)27-16-9-5-8-15(12-16)22-18(25)21-14-6-3-2-4-7-14/h2-13H,1H3,(H,20,23,24)(H2,21,22,25). The minimum Gasteiger partial charge on any atom is -0.332 e. The van der Waals surface area contributed by atoms with E-state index in [0.717, 1.165) is 16.3 Å². The van der Waals surface area contributed by atoms with Crippen LogP contribution in [0.4, 0.5) is 16.5 Å². The van der Waals surface area contributed by atoms with E-state index in [1.165, 1.54) is 23.1 Å². The topological polar surface area (TPSA) is 66.0 Å². The second-order valence-corrected chi connectivity index (χ2v) is 8.28. The Morgan fingerprint density at radius 2 is 1.81 bits per heavy atom. The molecule has 5 nitrogen and oxygen atoms in total. The first-order valence-electron chi connectivity index (χ1n) is 8.20. The first kappa shape index (κ1) is 19.3. The van der Waals surface area contributed by atoms with Crippen molar-refractivity contribution in [1.29, 1.82) is 0 Å². The summed E-state index contributed by atoms with van der Waals surface area (Å²) < 4.78 is 0. The number of carbonyl (C=O) groups excluding carboxylic acids is 1. The molecule has 0 saturated carbocycles. The summed E-state index contributed by atoms with van der Waals surface area (Å²) in [5.41, 5.74) is 1.79. The van der Waals surface area contributed by atoms with Gasteiger partial charge in [-0.1, -0.05) is 24.3 Å². The summed E-state index contributed by atoms with van der Waals surface area (Å²) in [7, 11) is 0. The number of para-hydroxylation sites is 1. The van der Waals surface area contributed by atoms with Gasteiger partial charge in [-0.15, -0.1) is 23.1 Å². The lowest BCUT2D eigenvalue weighted by Crippen LogP contribution is -2.22. The van der Waals surface area contributed by atoms with Crippen molar-refractivity contribution in [1.82, 2.24) is 4.98 Å². The van der Waals surface area contributed by atoms with Crippen LogP contribution in [-0.2, 0) is 4.79 Å². The van der Waals surface area contributed by atoms with E-state index in [1.54, 1.807) is 6.20 Å². The lowest BCUT2D eigenvalue weighted by atomic mass is 10.3. The molecule has 0 saturated heterocycles. The van der Waals surface area contributed by atoms with Gasteiger partial charge in [-0.3, -0.25) is 4.79 Å². The number of thiazole rings is 1. The van der Waals surface area contributed by atoms with Crippen LogP contribution in [0.15, 0.2) is 71.1 Å². The molecule has 0 aliphatic heterocycles. The van der Waals surface area contributed by atoms with Crippen LogP contribution in [0, 0.1) is 0 Å². The van der Waals surface area contributed by atoms with E-state index >= 15 is 0 Å². The van der Waals surface area contributed by atoms with Gasteiger partial charge in [0.25, 0.3) is 0 Å². The summed E-state index contributed by atoms with van der Waals surface area (Å²) in [6, 6.07) is 17.5. The van der Waals surface area contributed by atoms with E-state index in [2.05, 4.69) is 20.9 Å². The molecule has 0 aliphatic carbocycles. The number of anilines is 3. The highest BCUT2D eigenvalue weighted by molar-refractivity contribution is 8.00. The number of rotatable bonds is 6. The molecule has 1 heterocycles. The average Bonchev–Trinajstić information content (AvgIpc) is 3.15. The number of benzene rings is 2. The molecule has 2 aromatic carbocycles. The third-order valence-corrected chi connectivity index (χ3v) is 5.45. The fraction of sp³-hybridized carbons (Fsp3) is 0.105. The van der Waals surface area contributed by atoms with Crippen LogP contribution in [-0.4, -0.2) is 21.3 Å². The highest BCUT2D eigenvalue weighted by Gasteiger charge is 2.15. The van der Waals surface area contributed by atoms with Gasteiger partial charge in [-0.25, -0.2) is 4.98 Å². The molecule has 3 aromatic rings. The zero-order chi connectivity index (χ0) is 19.1. The number of hydrogen-bond donors (Lipinski definition) is 3. The number of aromatic nitrogens is 1. The van der Waals surface area contributed by atoms with Crippen molar-refractivity contribution < 1.29 is 4.79 Å². The van der Waals surface area contributed by atoms with E-state index < -0.39 is 0 Å². The molecule has 0 aliphatic rings. The molecule has 3 rings (SSSR count). The fourth-order valence-electron chi connectivity index (χ4n) is 2.21. The Morgan fingerprint density at radius 1 is 1.07 bits per heavy atom. The molecular weight excluding hydrogens is 396 g/mol. The minimum absolute atomic E-state index is 0.0745.